The topological polar surface area (TPSA) is 148 Å². The van der Waals surface area contributed by atoms with Crippen molar-refractivity contribution in [1.29, 1.82) is 5.26 Å². The van der Waals surface area contributed by atoms with Crippen molar-refractivity contribution in [3.63, 3.8) is 0 Å². The number of rotatable bonds is 7. The van der Waals surface area contributed by atoms with Crippen molar-refractivity contribution in [2.75, 3.05) is 10.6 Å². The Morgan fingerprint density at radius 2 is 1.82 bits per heavy atom. The second-order valence-corrected chi connectivity index (χ2v) is 11.9. The van der Waals surface area contributed by atoms with Crippen molar-refractivity contribution in [3.05, 3.63) is 41.4 Å². The zero-order valence-corrected chi connectivity index (χ0v) is 24.0. The van der Waals surface area contributed by atoms with Crippen LogP contribution in [0.4, 0.5) is 16.4 Å². The zero-order chi connectivity index (χ0) is 29.1. The van der Waals surface area contributed by atoms with Crippen LogP contribution >= 0.6 is 0 Å². The van der Waals surface area contributed by atoms with E-state index in [1.165, 1.54) is 0 Å². The summed E-state index contributed by atoms with van der Waals surface area (Å²) in [6, 6.07) is 7.18. The van der Waals surface area contributed by atoms with Crippen molar-refractivity contribution in [3.8, 4) is 17.3 Å². The molecule has 0 fully saturated rings. The molecule has 208 valence electrons. The van der Waals surface area contributed by atoms with Crippen molar-refractivity contribution >= 4 is 23.6 Å². The van der Waals surface area contributed by atoms with Crippen LogP contribution in [0.5, 0.6) is 0 Å². The summed E-state index contributed by atoms with van der Waals surface area (Å²) in [5.41, 5.74) is 0.979. The third kappa shape index (κ3) is 7.66. The lowest BCUT2D eigenvalue weighted by atomic mass is 9.91. The largest absolute Gasteiger partial charge is 0.444 e. The number of carbonyl (C=O) groups excluding carboxylic acids is 2. The molecule has 1 atom stereocenters. The van der Waals surface area contributed by atoms with E-state index in [4.69, 9.17) is 9.26 Å². The van der Waals surface area contributed by atoms with Gasteiger partial charge in [-0.05, 0) is 59.1 Å². The zero-order valence-electron chi connectivity index (χ0n) is 24.0. The van der Waals surface area contributed by atoms with Gasteiger partial charge in [0.1, 0.15) is 28.7 Å². The molecule has 2 amide bonds. The standard InChI is InChI=1S/C28H37N7O4/c1-16(2)35-24(32-26(37)38-28(7,8)9)20(14-29)23(33-35)18-10-11-21(30-15-18)17(3)25(36)31-22-12-19(39-34-22)13-27(4,5)6/h10-12,15-17H,13H2,1-9H3,(H,32,37)(H,31,34,36). The van der Waals surface area contributed by atoms with Crippen molar-refractivity contribution in [2.24, 2.45) is 5.41 Å². The Kier molecular flexibility index (Phi) is 8.48. The van der Waals surface area contributed by atoms with Crippen LogP contribution in [-0.4, -0.2) is 37.5 Å². The quantitative estimate of drug-likeness (QED) is 0.371. The number of hydrogen-bond acceptors (Lipinski definition) is 8. The average Bonchev–Trinajstić information content (AvgIpc) is 3.39. The Labute approximate surface area is 228 Å². The molecule has 11 nitrogen and oxygen atoms in total. The molecule has 2 N–H and O–H groups in total. The first kappa shape index (κ1) is 29.4. The highest BCUT2D eigenvalue weighted by Gasteiger charge is 2.26. The SMILES string of the molecule is CC(C(=O)Nc1cc(CC(C)(C)C)on1)c1ccc(-c2nn(C(C)C)c(NC(=O)OC(C)(C)C)c2C#N)cn1. The maximum atomic E-state index is 12.8. The third-order valence-corrected chi connectivity index (χ3v) is 5.54. The lowest BCUT2D eigenvalue weighted by molar-refractivity contribution is -0.117. The van der Waals surface area contributed by atoms with E-state index in [-0.39, 0.29) is 28.7 Å². The average molecular weight is 536 g/mol. The first-order valence-electron chi connectivity index (χ1n) is 12.8. The van der Waals surface area contributed by atoms with Gasteiger partial charge in [-0.1, -0.05) is 25.9 Å². The van der Waals surface area contributed by atoms with Crippen molar-refractivity contribution < 1.29 is 18.8 Å². The minimum Gasteiger partial charge on any atom is -0.444 e. The van der Waals surface area contributed by atoms with Gasteiger partial charge in [0.15, 0.2) is 11.6 Å². The summed E-state index contributed by atoms with van der Waals surface area (Å²) in [4.78, 5) is 29.8. The highest BCUT2D eigenvalue weighted by molar-refractivity contribution is 5.94. The summed E-state index contributed by atoms with van der Waals surface area (Å²) < 4.78 is 12.3. The molecule has 3 rings (SSSR count). The molecule has 3 heterocycles. The number of pyridine rings is 1. The molecule has 1 unspecified atom stereocenters. The molecule has 3 aromatic heterocycles. The van der Waals surface area contributed by atoms with Gasteiger partial charge in [0.2, 0.25) is 5.91 Å². The normalized spacial score (nSPS) is 12.6. The molecule has 0 saturated carbocycles. The molecule has 0 radical (unpaired) electrons. The number of nitrogens with zero attached hydrogens (tertiary/aromatic N) is 5. The van der Waals surface area contributed by atoms with Crippen LogP contribution < -0.4 is 10.6 Å². The molecule has 0 spiro atoms. The molecule has 0 saturated heterocycles. The third-order valence-electron chi connectivity index (χ3n) is 5.54. The number of nitriles is 1. The number of amides is 2. The maximum Gasteiger partial charge on any atom is 0.413 e. The van der Waals surface area contributed by atoms with Crippen LogP contribution in [0, 0.1) is 16.7 Å². The highest BCUT2D eigenvalue weighted by Crippen LogP contribution is 2.31. The minimum atomic E-state index is -0.701. The predicted octanol–water partition coefficient (Wildman–Crippen LogP) is 6.06. The van der Waals surface area contributed by atoms with Gasteiger partial charge in [-0.3, -0.25) is 15.1 Å². The van der Waals surface area contributed by atoms with E-state index in [1.54, 1.807) is 56.8 Å². The molecule has 3 aromatic rings. The van der Waals surface area contributed by atoms with E-state index in [2.05, 4.69) is 52.7 Å². The van der Waals surface area contributed by atoms with Gasteiger partial charge in [0, 0.05) is 30.3 Å². The van der Waals surface area contributed by atoms with E-state index < -0.39 is 17.6 Å². The summed E-state index contributed by atoms with van der Waals surface area (Å²) in [6.45, 7) is 17.1. The summed E-state index contributed by atoms with van der Waals surface area (Å²) >= 11 is 0. The Balaban J connectivity index is 1.80. The highest BCUT2D eigenvalue weighted by atomic mass is 16.6. The van der Waals surface area contributed by atoms with E-state index in [0.717, 1.165) is 0 Å². The maximum absolute atomic E-state index is 12.8. The molecular formula is C28H37N7O4. The smallest absolute Gasteiger partial charge is 0.413 e. The van der Waals surface area contributed by atoms with Gasteiger partial charge in [-0.2, -0.15) is 10.4 Å². The number of anilines is 2. The van der Waals surface area contributed by atoms with Crippen LogP contribution in [0.3, 0.4) is 0 Å². The monoisotopic (exact) mass is 535 g/mol. The van der Waals surface area contributed by atoms with Gasteiger partial charge in [-0.15, -0.1) is 0 Å². The molecule has 0 aliphatic carbocycles. The Bertz CT molecular complexity index is 1370. The second kappa shape index (κ2) is 11.3. The number of hydrogen-bond donors (Lipinski definition) is 2. The van der Waals surface area contributed by atoms with Crippen LogP contribution in [-0.2, 0) is 16.0 Å². The lowest BCUT2D eigenvalue weighted by Gasteiger charge is -2.20. The first-order chi connectivity index (χ1) is 18.1. The molecule has 11 heteroatoms. The molecule has 0 aromatic carbocycles. The Morgan fingerprint density at radius 3 is 2.36 bits per heavy atom. The summed E-state index contributed by atoms with van der Waals surface area (Å²) in [7, 11) is 0. The Hall–Kier alpha value is -4.20. The number of carbonyl (C=O) groups is 2. The van der Waals surface area contributed by atoms with Gasteiger partial charge < -0.3 is 14.6 Å². The minimum absolute atomic E-state index is 0.0305. The molecule has 0 aliphatic heterocycles. The number of nitrogens with one attached hydrogen (secondary N) is 2. The van der Waals surface area contributed by atoms with Crippen LogP contribution in [0.25, 0.3) is 11.3 Å². The summed E-state index contributed by atoms with van der Waals surface area (Å²) in [5, 5.41) is 23.9. The summed E-state index contributed by atoms with van der Waals surface area (Å²) in [6.07, 6.45) is 1.57. The van der Waals surface area contributed by atoms with E-state index in [0.29, 0.717) is 35.0 Å². The van der Waals surface area contributed by atoms with Crippen LogP contribution in [0.1, 0.15) is 91.3 Å². The van der Waals surface area contributed by atoms with E-state index in [1.807, 2.05) is 13.8 Å². The van der Waals surface area contributed by atoms with Gasteiger partial charge in [0.05, 0.1) is 11.6 Å². The molecule has 39 heavy (non-hydrogen) atoms. The number of ether oxygens (including phenoxy) is 1. The lowest BCUT2D eigenvalue weighted by Crippen LogP contribution is -2.28. The Morgan fingerprint density at radius 1 is 1.13 bits per heavy atom. The number of aromatic nitrogens is 4. The first-order valence-corrected chi connectivity index (χ1v) is 12.8. The molecule has 0 aliphatic rings. The fraction of sp³-hybridized carbons (Fsp3) is 0.500. The van der Waals surface area contributed by atoms with E-state index >= 15 is 0 Å². The van der Waals surface area contributed by atoms with Crippen LogP contribution in [0.2, 0.25) is 0 Å². The van der Waals surface area contributed by atoms with Crippen LogP contribution in [0.15, 0.2) is 28.9 Å². The van der Waals surface area contributed by atoms with Gasteiger partial charge in [0.25, 0.3) is 0 Å². The predicted molar refractivity (Wildman–Crippen MR) is 147 cm³/mol. The second-order valence-electron chi connectivity index (χ2n) is 11.9. The van der Waals surface area contributed by atoms with Crippen molar-refractivity contribution in [2.45, 2.75) is 86.3 Å². The fourth-order valence-corrected chi connectivity index (χ4v) is 3.78. The molecule has 0 bridgehead atoms. The van der Waals surface area contributed by atoms with E-state index in [9.17, 15) is 14.9 Å². The van der Waals surface area contributed by atoms with Gasteiger partial charge in [-0.25, -0.2) is 9.48 Å². The molecular weight excluding hydrogens is 498 g/mol. The summed E-state index contributed by atoms with van der Waals surface area (Å²) in [5.74, 6) is 0.437. The van der Waals surface area contributed by atoms with Gasteiger partial charge >= 0.3 is 6.09 Å². The van der Waals surface area contributed by atoms with Crippen molar-refractivity contribution in [1.82, 2.24) is 19.9 Å². The fourth-order valence-electron chi connectivity index (χ4n) is 3.78.